The van der Waals surface area contributed by atoms with Crippen molar-refractivity contribution < 1.29 is 15.0 Å². The van der Waals surface area contributed by atoms with Crippen LogP contribution in [0.3, 0.4) is 0 Å². The van der Waals surface area contributed by atoms with E-state index in [-0.39, 0.29) is 16.3 Å². The van der Waals surface area contributed by atoms with E-state index in [1.165, 1.54) is 12.1 Å². The molecule has 0 spiro atoms. The minimum atomic E-state index is -1.25. The molecule has 0 aliphatic carbocycles. The Labute approximate surface area is 81.7 Å². The van der Waals surface area contributed by atoms with E-state index < -0.39 is 5.97 Å². The Morgan fingerprint density at radius 2 is 2.08 bits per heavy atom. The lowest BCUT2D eigenvalue weighted by Crippen LogP contribution is -1.98. The second-order valence-electron chi connectivity index (χ2n) is 2.06. The van der Waals surface area contributed by atoms with Crippen molar-refractivity contribution in [3.63, 3.8) is 0 Å². The Morgan fingerprint density at radius 3 is 2.50 bits per heavy atom. The molecule has 1 aromatic rings. The third-order valence-corrected chi connectivity index (χ3v) is 2.25. The van der Waals surface area contributed by atoms with Crippen molar-refractivity contribution in [1.29, 1.82) is 0 Å². The fourth-order valence-electron chi connectivity index (χ4n) is 0.745. The monoisotopic (exact) mass is 250 g/mol. The van der Waals surface area contributed by atoms with Crippen LogP contribution in [0.25, 0.3) is 0 Å². The summed E-state index contributed by atoms with van der Waals surface area (Å²) in [4.78, 5) is 10.5. The maximum absolute atomic E-state index is 10.5. The van der Waals surface area contributed by atoms with Gasteiger partial charge in [-0.3, -0.25) is 0 Å². The van der Waals surface area contributed by atoms with Gasteiger partial charge in [0.15, 0.2) is 0 Å². The summed E-state index contributed by atoms with van der Waals surface area (Å²) in [5.74, 6) is -1.60. The van der Waals surface area contributed by atoms with Crippen LogP contribution in [-0.4, -0.2) is 16.2 Å². The van der Waals surface area contributed by atoms with Crippen molar-refractivity contribution in [1.82, 2.24) is 0 Å². The minimum Gasteiger partial charge on any atom is -0.506 e. The number of carbonyl (C=O) groups is 1. The fourth-order valence-corrected chi connectivity index (χ4v) is 1.31. The van der Waals surface area contributed by atoms with Crippen LogP contribution in [0.15, 0.2) is 16.6 Å². The first kappa shape index (κ1) is 9.35. The topological polar surface area (TPSA) is 57.5 Å². The Morgan fingerprint density at radius 1 is 1.50 bits per heavy atom. The molecule has 0 aliphatic rings. The highest BCUT2D eigenvalue weighted by Crippen LogP contribution is 2.32. The first-order chi connectivity index (χ1) is 5.54. The number of halogens is 2. The number of hydrogen-bond donors (Lipinski definition) is 2. The van der Waals surface area contributed by atoms with Crippen molar-refractivity contribution in [3.8, 4) is 5.75 Å². The lowest BCUT2D eigenvalue weighted by Gasteiger charge is -2.02. The van der Waals surface area contributed by atoms with E-state index in [1.54, 1.807) is 0 Å². The summed E-state index contributed by atoms with van der Waals surface area (Å²) < 4.78 is 0.310. The zero-order chi connectivity index (χ0) is 9.30. The normalized spacial score (nSPS) is 9.83. The Bertz CT molecular complexity index is 338. The molecule has 0 fully saturated rings. The summed E-state index contributed by atoms with van der Waals surface area (Å²) in [6.45, 7) is 0. The first-order valence-corrected chi connectivity index (χ1v) is 4.11. The largest absolute Gasteiger partial charge is 0.506 e. The van der Waals surface area contributed by atoms with E-state index >= 15 is 0 Å². The molecule has 2 N–H and O–H groups in total. The van der Waals surface area contributed by atoms with Gasteiger partial charge >= 0.3 is 5.97 Å². The third kappa shape index (κ3) is 1.54. The van der Waals surface area contributed by atoms with E-state index in [1.807, 2.05) is 0 Å². The summed E-state index contributed by atoms with van der Waals surface area (Å²) >= 11 is 8.51. The van der Waals surface area contributed by atoms with E-state index in [2.05, 4.69) is 15.9 Å². The number of aromatic hydroxyl groups is 1. The van der Waals surface area contributed by atoms with Crippen LogP contribution in [0.4, 0.5) is 0 Å². The molecule has 0 aromatic heterocycles. The van der Waals surface area contributed by atoms with Gasteiger partial charge in [0.05, 0.1) is 9.50 Å². The molecule has 0 bridgehead atoms. The summed E-state index contributed by atoms with van der Waals surface area (Å²) in [7, 11) is 0. The number of aromatic carboxylic acids is 1. The lowest BCUT2D eigenvalue weighted by atomic mass is 10.2. The summed E-state index contributed by atoms with van der Waals surface area (Å²) in [6, 6.07) is 2.87. The van der Waals surface area contributed by atoms with Crippen LogP contribution in [0.1, 0.15) is 10.4 Å². The predicted octanol–water partition coefficient (Wildman–Crippen LogP) is 2.51. The molecular weight excluding hydrogens is 247 g/mol. The number of carboxylic acids is 1. The van der Waals surface area contributed by atoms with Crippen LogP contribution in [0.2, 0.25) is 5.02 Å². The second kappa shape index (κ2) is 3.33. The van der Waals surface area contributed by atoms with E-state index in [9.17, 15) is 9.90 Å². The quantitative estimate of drug-likeness (QED) is 0.806. The number of carboxylic acid groups (broad SMARTS) is 1. The summed E-state index contributed by atoms with van der Waals surface area (Å²) in [5.41, 5.74) is -0.286. The maximum atomic E-state index is 10.5. The zero-order valence-corrected chi connectivity index (χ0v) is 8.06. The highest BCUT2D eigenvalue weighted by Gasteiger charge is 2.16. The van der Waals surface area contributed by atoms with Crippen LogP contribution in [0.5, 0.6) is 5.75 Å². The lowest BCUT2D eigenvalue weighted by molar-refractivity contribution is 0.0694. The van der Waals surface area contributed by atoms with Gasteiger partial charge in [-0.15, -0.1) is 0 Å². The molecule has 12 heavy (non-hydrogen) atoms. The molecule has 3 nitrogen and oxygen atoms in total. The predicted molar refractivity (Wildman–Crippen MR) is 47.8 cm³/mol. The van der Waals surface area contributed by atoms with Gasteiger partial charge in [-0.1, -0.05) is 11.6 Å². The molecule has 0 saturated heterocycles. The molecular formula is C7H4BrClO3. The Kier molecular flexibility index (Phi) is 2.59. The minimum absolute atomic E-state index is 0.0169. The summed E-state index contributed by atoms with van der Waals surface area (Å²) in [5, 5.41) is 17.9. The van der Waals surface area contributed by atoms with Gasteiger partial charge in [0, 0.05) is 0 Å². The molecule has 0 heterocycles. The highest BCUT2D eigenvalue weighted by molar-refractivity contribution is 9.10. The molecule has 5 heteroatoms. The van der Waals surface area contributed by atoms with Gasteiger partial charge in [0.2, 0.25) is 0 Å². The number of benzene rings is 1. The van der Waals surface area contributed by atoms with Gasteiger partial charge in [0.25, 0.3) is 0 Å². The second-order valence-corrected chi connectivity index (χ2v) is 3.32. The first-order valence-electron chi connectivity index (χ1n) is 2.94. The highest BCUT2D eigenvalue weighted by atomic mass is 79.9. The van der Waals surface area contributed by atoms with Gasteiger partial charge in [-0.05, 0) is 28.1 Å². The SMILES string of the molecule is O=C(O)c1c(Cl)ccc(Br)c1O. The molecule has 0 atom stereocenters. The zero-order valence-electron chi connectivity index (χ0n) is 5.71. The molecule has 1 aromatic carbocycles. The van der Waals surface area contributed by atoms with Crippen molar-refractivity contribution in [3.05, 3.63) is 27.2 Å². The van der Waals surface area contributed by atoms with Crippen molar-refractivity contribution in [2.75, 3.05) is 0 Å². The average Bonchev–Trinajstić information content (AvgIpc) is 1.97. The Balaban J connectivity index is 3.43. The molecule has 0 radical (unpaired) electrons. The van der Waals surface area contributed by atoms with Gasteiger partial charge in [0.1, 0.15) is 11.3 Å². The standard InChI is InChI=1S/C7H4BrClO3/c8-3-1-2-4(9)5(6(3)10)7(11)12/h1-2,10H,(H,11,12). The van der Waals surface area contributed by atoms with Crippen LogP contribution in [0, 0.1) is 0 Å². The average molecular weight is 251 g/mol. The fraction of sp³-hybridized carbons (Fsp3) is 0. The van der Waals surface area contributed by atoms with Crippen molar-refractivity contribution in [2.24, 2.45) is 0 Å². The molecule has 64 valence electrons. The van der Waals surface area contributed by atoms with Gasteiger partial charge in [-0.2, -0.15) is 0 Å². The number of hydrogen-bond acceptors (Lipinski definition) is 2. The van der Waals surface area contributed by atoms with Crippen LogP contribution in [-0.2, 0) is 0 Å². The van der Waals surface area contributed by atoms with Crippen LogP contribution < -0.4 is 0 Å². The molecule has 0 aliphatic heterocycles. The number of rotatable bonds is 1. The van der Waals surface area contributed by atoms with Gasteiger partial charge in [-0.25, -0.2) is 4.79 Å². The molecule has 1 rings (SSSR count). The molecule has 0 amide bonds. The smallest absolute Gasteiger partial charge is 0.341 e. The van der Waals surface area contributed by atoms with E-state index in [4.69, 9.17) is 16.7 Å². The van der Waals surface area contributed by atoms with Gasteiger partial charge < -0.3 is 10.2 Å². The number of phenols is 1. The maximum Gasteiger partial charge on any atom is 0.341 e. The molecule has 0 unspecified atom stereocenters. The van der Waals surface area contributed by atoms with Crippen molar-refractivity contribution in [2.45, 2.75) is 0 Å². The molecule has 0 saturated carbocycles. The third-order valence-electron chi connectivity index (χ3n) is 1.29. The van der Waals surface area contributed by atoms with E-state index in [0.717, 1.165) is 0 Å². The van der Waals surface area contributed by atoms with E-state index in [0.29, 0.717) is 4.47 Å². The van der Waals surface area contributed by atoms with Crippen molar-refractivity contribution >= 4 is 33.5 Å². The Hall–Kier alpha value is -0.740. The summed E-state index contributed by atoms with van der Waals surface area (Å²) in [6.07, 6.45) is 0. The van der Waals surface area contributed by atoms with Crippen LogP contribution >= 0.6 is 27.5 Å².